The zero-order valence-electron chi connectivity index (χ0n) is 16.2. The van der Waals surface area contributed by atoms with E-state index in [1.54, 1.807) is 18.2 Å². The lowest BCUT2D eigenvalue weighted by molar-refractivity contribution is -0.137. The molecule has 1 amide bonds. The van der Waals surface area contributed by atoms with Crippen LogP contribution in [0.25, 0.3) is 11.1 Å². The molecule has 0 saturated heterocycles. The maximum Gasteiger partial charge on any atom is 0.416 e. The minimum absolute atomic E-state index is 0.274. The van der Waals surface area contributed by atoms with Gasteiger partial charge in [0.1, 0.15) is 5.75 Å². The quantitative estimate of drug-likeness (QED) is 0.694. The molecule has 0 aliphatic carbocycles. The van der Waals surface area contributed by atoms with E-state index in [-0.39, 0.29) is 6.54 Å². The molecule has 1 unspecified atom stereocenters. The van der Waals surface area contributed by atoms with E-state index in [0.717, 1.165) is 12.1 Å². The van der Waals surface area contributed by atoms with Gasteiger partial charge in [0.15, 0.2) is 0 Å². The third kappa shape index (κ3) is 4.84. The molecule has 28 heavy (non-hydrogen) atoms. The molecule has 0 saturated carbocycles. The van der Waals surface area contributed by atoms with Gasteiger partial charge >= 0.3 is 6.18 Å². The lowest BCUT2D eigenvalue weighted by atomic mass is 9.90. The topological polar surface area (TPSA) is 64.3 Å². The van der Waals surface area contributed by atoms with Crippen molar-refractivity contribution in [3.63, 3.8) is 0 Å². The van der Waals surface area contributed by atoms with Crippen molar-refractivity contribution in [3.05, 3.63) is 53.1 Å². The molecule has 152 valence electrons. The first-order valence-corrected chi connectivity index (χ1v) is 9.11. The molecule has 0 aromatic heterocycles. The molecule has 2 aromatic carbocycles. The van der Waals surface area contributed by atoms with Crippen LogP contribution in [-0.4, -0.2) is 19.6 Å². The Morgan fingerprint density at radius 3 is 2.39 bits per heavy atom. The van der Waals surface area contributed by atoms with Crippen molar-refractivity contribution in [1.82, 2.24) is 5.32 Å². The maximum absolute atomic E-state index is 13.2. The Bertz CT molecular complexity index is 835. The zero-order chi connectivity index (χ0) is 20.9. The summed E-state index contributed by atoms with van der Waals surface area (Å²) in [6.45, 7) is 4.63. The van der Waals surface area contributed by atoms with E-state index in [0.29, 0.717) is 41.0 Å². The highest BCUT2D eigenvalue weighted by atomic mass is 19.4. The summed E-state index contributed by atoms with van der Waals surface area (Å²) in [6.07, 6.45) is -3.90. The molecule has 3 N–H and O–H groups in total. The predicted octanol–water partition coefficient (Wildman–Crippen LogP) is 4.47. The Labute approximate surface area is 162 Å². The summed E-state index contributed by atoms with van der Waals surface area (Å²) in [5.74, 6) is -0.407. The van der Waals surface area contributed by atoms with Crippen molar-refractivity contribution in [1.29, 1.82) is 0 Å². The molecule has 2 rings (SSSR count). The zero-order valence-corrected chi connectivity index (χ0v) is 16.2. The van der Waals surface area contributed by atoms with Crippen LogP contribution in [0.4, 0.5) is 13.2 Å². The molecule has 0 spiro atoms. The molecule has 4 nitrogen and oxygen atoms in total. The number of nitrogens with two attached hydrogens (primary N) is 1. The van der Waals surface area contributed by atoms with Gasteiger partial charge in [-0.25, -0.2) is 0 Å². The average molecular weight is 394 g/mol. The van der Waals surface area contributed by atoms with E-state index in [4.69, 9.17) is 10.5 Å². The predicted molar refractivity (Wildman–Crippen MR) is 103 cm³/mol. The molecule has 0 bridgehead atoms. The first kappa shape index (κ1) is 21.8. The van der Waals surface area contributed by atoms with Crippen LogP contribution < -0.4 is 15.8 Å². The molecule has 0 aliphatic rings. The number of methoxy groups -OCH3 is 1. The number of nitrogens with one attached hydrogen (secondary N) is 1. The van der Waals surface area contributed by atoms with Crippen molar-refractivity contribution in [3.8, 4) is 16.9 Å². The van der Waals surface area contributed by atoms with Gasteiger partial charge in [-0.3, -0.25) is 4.79 Å². The van der Waals surface area contributed by atoms with Crippen molar-refractivity contribution in [2.75, 3.05) is 13.7 Å². The number of hydrogen-bond acceptors (Lipinski definition) is 3. The number of carbonyl (C=O) groups excluding carboxylic acids is 1. The summed E-state index contributed by atoms with van der Waals surface area (Å²) in [4.78, 5) is 11.8. The summed E-state index contributed by atoms with van der Waals surface area (Å²) in [7, 11) is 1.50. The molecule has 0 aliphatic heterocycles. The van der Waals surface area contributed by atoms with E-state index < -0.39 is 23.6 Å². The van der Waals surface area contributed by atoms with Gasteiger partial charge in [0.2, 0.25) is 5.91 Å². The van der Waals surface area contributed by atoms with Crippen molar-refractivity contribution >= 4 is 5.91 Å². The Balaban J connectivity index is 2.65. The number of primary amides is 1. The summed E-state index contributed by atoms with van der Waals surface area (Å²) >= 11 is 0. The monoisotopic (exact) mass is 394 g/mol. The van der Waals surface area contributed by atoms with Crippen molar-refractivity contribution in [2.45, 2.75) is 38.9 Å². The number of benzene rings is 2. The van der Waals surface area contributed by atoms with Crippen LogP contribution in [0.2, 0.25) is 0 Å². The second kappa shape index (κ2) is 9.10. The number of amides is 1. The Morgan fingerprint density at radius 2 is 1.86 bits per heavy atom. The van der Waals surface area contributed by atoms with Gasteiger partial charge in [0.25, 0.3) is 0 Å². The lowest BCUT2D eigenvalue weighted by Crippen LogP contribution is -2.20. The largest absolute Gasteiger partial charge is 0.496 e. The second-order valence-corrected chi connectivity index (χ2v) is 6.47. The Morgan fingerprint density at radius 1 is 1.14 bits per heavy atom. The highest BCUT2D eigenvalue weighted by Gasteiger charge is 2.31. The molecule has 7 heteroatoms. The van der Waals surface area contributed by atoms with Gasteiger partial charge in [-0.05, 0) is 53.9 Å². The minimum Gasteiger partial charge on any atom is -0.496 e. The van der Waals surface area contributed by atoms with Crippen LogP contribution in [0, 0.1) is 0 Å². The van der Waals surface area contributed by atoms with Crippen LogP contribution in [0.5, 0.6) is 5.75 Å². The van der Waals surface area contributed by atoms with Gasteiger partial charge < -0.3 is 15.8 Å². The van der Waals surface area contributed by atoms with Crippen LogP contribution >= 0.6 is 0 Å². The highest BCUT2D eigenvalue weighted by molar-refractivity contribution is 5.83. The summed E-state index contributed by atoms with van der Waals surface area (Å²) < 4.78 is 45.0. The van der Waals surface area contributed by atoms with Crippen LogP contribution in [0.15, 0.2) is 36.4 Å². The fourth-order valence-corrected chi connectivity index (χ4v) is 3.19. The number of hydrogen-bond donors (Lipinski definition) is 2. The van der Waals surface area contributed by atoms with Gasteiger partial charge in [-0.1, -0.05) is 26.0 Å². The van der Waals surface area contributed by atoms with E-state index in [1.165, 1.54) is 13.2 Å². The fraction of sp³-hybridized carbons (Fsp3) is 0.381. The van der Waals surface area contributed by atoms with Crippen LogP contribution in [-0.2, 0) is 17.5 Å². The normalized spacial score (nSPS) is 12.6. The highest BCUT2D eigenvalue weighted by Crippen LogP contribution is 2.38. The van der Waals surface area contributed by atoms with E-state index >= 15 is 0 Å². The van der Waals surface area contributed by atoms with Crippen LogP contribution in [0.1, 0.15) is 42.9 Å². The molecule has 2 aromatic rings. The first-order chi connectivity index (χ1) is 13.2. The van der Waals surface area contributed by atoms with Gasteiger partial charge in [0.05, 0.1) is 18.6 Å². The van der Waals surface area contributed by atoms with Crippen molar-refractivity contribution in [2.24, 2.45) is 5.73 Å². The molecular formula is C21H25F3N2O2. The number of halogens is 3. The number of rotatable bonds is 8. The number of alkyl halides is 3. The van der Waals surface area contributed by atoms with Gasteiger partial charge in [0, 0.05) is 12.1 Å². The third-order valence-corrected chi connectivity index (χ3v) is 4.67. The SMILES string of the molecule is CCNCc1cc(C(F)(F)F)ccc1-c1cc(C(CC)C(N)=O)ccc1OC. The summed E-state index contributed by atoms with van der Waals surface area (Å²) in [6, 6.07) is 8.90. The number of carbonyl (C=O) groups is 1. The fourth-order valence-electron chi connectivity index (χ4n) is 3.19. The van der Waals surface area contributed by atoms with Gasteiger partial charge in [-0.2, -0.15) is 13.2 Å². The number of ether oxygens (including phenoxy) is 1. The first-order valence-electron chi connectivity index (χ1n) is 9.11. The second-order valence-electron chi connectivity index (χ2n) is 6.47. The molecule has 0 radical (unpaired) electrons. The van der Waals surface area contributed by atoms with E-state index in [1.807, 2.05) is 13.8 Å². The molecule has 1 atom stereocenters. The summed E-state index contributed by atoms with van der Waals surface area (Å²) in [5, 5.41) is 3.08. The van der Waals surface area contributed by atoms with E-state index in [2.05, 4.69) is 5.32 Å². The molecule has 0 heterocycles. The smallest absolute Gasteiger partial charge is 0.416 e. The molecular weight excluding hydrogens is 369 g/mol. The summed E-state index contributed by atoms with van der Waals surface area (Å²) in [5.41, 5.74) is 7.24. The lowest BCUT2D eigenvalue weighted by Gasteiger charge is -2.19. The Kier molecular flexibility index (Phi) is 7.07. The average Bonchev–Trinajstić information content (AvgIpc) is 2.65. The Hall–Kier alpha value is -2.54. The molecule has 0 fully saturated rings. The van der Waals surface area contributed by atoms with E-state index in [9.17, 15) is 18.0 Å². The van der Waals surface area contributed by atoms with Gasteiger partial charge in [-0.15, -0.1) is 0 Å². The third-order valence-electron chi connectivity index (χ3n) is 4.67. The minimum atomic E-state index is -4.43. The maximum atomic E-state index is 13.2. The van der Waals surface area contributed by atoms with Crippen LogP contribution in [0.3, 0.4) is 0 Å². The van der Waals surface area contributed by atoms with Crippen molar-refractivity contribution < 1.29 is 22.7 Å². The standard InChI is InChI=1S/C21H25F3N2O2/c1-4-16(20(25)27)13-6-9-19(28-3)18(11-13)17-8-7-15(21(22,23)24)10-14(17)12-26-5-2/h6-11,16,26H,4-5,12H2,1-3H3,(H2,25,27).